The first kappa shape index (κ1) is 10.6. The molecular formula is C12H13ClN4. The molecule has 3 aromatic rings. The summed E-state index contributed by atoms with van der Waals surface area (Å²) in [5.74, 6) is 0.857. The number of aromatic nitrogens is 3. The number of hydrogen-bond acceptors (Lipinski definition) is 2. The average molecular weight is 249 g/mol. The van der Waals surface area contributed by atoms with Gasteiger partial charge in [0.05, 0.1) is 11.0 Å². The summed E-state index contributed by atoms with van der Waals surface area (Å²) < 4.78 is 2.04. The molecule has 0 spiro atoms. The second-order valence-corrected chi connectivity index (χ2v) is 4.64. The van der Waals surface area contributed by atoms with Crippen LogP contribution in [0.25, 0.3) is 16.8 Å². The molecule has 4 nitrogen and oxygen atoms in total. The van der Waals surface area contributed by atoms with Crippen LogP contribution < -0.4 is 5.32 Å². The van der Waals surface area contributed by atoms with Crippen molar-refractivity contribution in [2.24, 2.45) is 0 Å². The van der Waals surface area contributed by atoms with Crippen LogP contribution in [-0.4, -0.2) is 21.4 Å². The van der Waals surface area contributed by atoms with E-state index in [2.05, 4.69) is 21.5 Å². The largest absolute Gasteiger partial charge is 0.326 e. The van der Waals surface area contributed by atoms with E-state index < -0.39 is 0 Å². The van der Waals surface area contributed by atoms with Gasteiger partial charge < -0.3 is 10.3 Å². The lowest BCUT2D eigenvalue weighted by molar-refractivity contribution is 0.797. The third-order valence-electron chi connectivity index (χ3n) is 2.88. The molecule has 0 aliphatic carbocycles. The van der Waals surface area contributed by atoms with Crippen LogP contribution >= 0.6 is 11.6 Å². The molecule has 0 atom stereocenters. The van der Waals surface area contributed by atoms with Gasteiger partial charge >= 0.3 is 0 Å². The van der Waals surface area contributed by atoms with Gasteiger partial charge in [-0.2, -0.15) is 0 Å². The molecule has 88 valence electrons. The lowest BCUT2D eigenvalue weighted by Gasteiger charge is -1.97. The van der Waals surface area contributed by atoms with Crippen molar-refractivity contribution >= 4 is 28.4 Å². The van der Waals surface area contributed by atoms with Crippen molar-refractivity contribution < 1.29 is 0 Å². The summed E-state index contributed by atoms with van der Waals surface area (Å²) in [6.07, 6.45) is 2.05. The number of H-pyrrole nitrogens is 1. The highest BCUT2D eigenvalue weighted by molar-refractivity contribution is 6.31. The van der Waals surface area contributed by atoms with E-state index in [-0.39, 0.29) is 0 Å². The predicted octanol–water partition coefficient (Wildman–Crippen LogP) is 2.50. The van der Waals surface area contributed by atoms with Gasteiger partial charge in [0.1, 0.15) is 0 Å². The first-order chi connectivity index (χ1) is 8.19. The van der Waals surface area contributed by atoms with E-state index >= 15 is 0 Å². The lowest BCUT2D eigenvalue weighted by Crippen LogP contribution is -2.04. The smallest absolute Gasteiger partial charge is 0.212 e. The Kier molecular flexibility index (Phi) is 2.34. The maximum atomic E-state index is 6.09. The molecule has 2 aromatic heterocycles. The van der Waals surface area contributed by atoms with Crippen molar-refractivity contribution in [3.63, 3.8) is 0 Å². The first-order valence-corrected chi connectivity index (χ1v) is 5.87. The van der Waals surface area contributed by atoms with Gasteiger partial charge in [-0.15, -0.1) is 0 Å². The van der Waals surface area contributed by atoms with Crippen LogP contribution in [0.1, 0.15) is 11.3 Å². The zero-order valence-corrected chi connectivity index (χ0v) is 10.5. The van der Waals surface area contributed by atoms with Crippen LogP contribution in [0, 0.1) is 6.92 Å². The molecule has 0 radical (unpaired) electrons. The number of hydrogen-bond donors (Lipinski definition) is 2. The quantitative estimate of drug-likeness (QED) is 0.732. The summed E-state index contributed by atoms with van der Waals surface area (Å²) in [6.45, 7) is 2.82. The van der Waals surface area contributed by atoms with Gasteiger partial charge in [0.15, 0.2) is 0 Å². The Bertz CT molecular complexity index is 695. The van der Waals surface area contributed by atoms with Crippen molar-refractivity contribution in [3.05, 3.63) is 34.6 Å². The fourth-order valence-corrected chi connectivity index (χ4v) is 2.42. The maximum absolute atomic E-state index is 6.09. The fraction of sp³-hybridized carbons (Fsp3) is 0.250. The molecule has 3 rings (SSSR count). The zero-order chi connectivity index (χ0) is 12.0. The van der Waals surface area contributed by atoms with Crippen LogP contribution in [0.15, 0.2) is 18.3 Å². The normalized spacial score (nSPS) is 11.7. The van der Waals surface area contributed by atoms with E-state index in [9.17, 15) is 0 Å². The van der Waals surface area contributed by atoms with Gasteiger partial charge in [-0.1, -0.05) is 11.6 Å². The molecule has 0 fully saturated rings. The Hall–Kier alpha value is -1.52. The van der Waals surface area contributed by atoms with Gasteiger partial charge in [0.25, 0.3) is 0 Å². The van der Waals surface area contributed by atoms with Crippen molar-refractivity contribution in [1.82, 2.24) is 19.7 Å². The van der Waals surface area contributed by atoms with Gasteiger partial charge in [-0.25, -0.2) is 4.98 Å². The van der Waals surface area contributed by atoms with E-state index in [0.717, 1.165) is 39.6 Å². The minimum atomic E-state index is 0.744. The molecule has 0 amide bonds. The number of benzene rings is 1. The summed E-state index contributed by atoms with van der Waals surface area (Å²) >= 11 is 6.09. The minimum Gasteiger partial charge on any atom is -0.326 e. The Labute approximate surface area is 104 Å². The number of aromatic amines is 1. The van der Waals surface area contributed by atoms with Crippen LogP contribution in [0.2, 0.25) is 5.02 Å². The number of halogens is 1. The highest BCUT2D eigenvalue weighted by Crippen LogP contribution is 2.24. The number of aryl methyl sites for hydroxylation is 1. The molecule has 0 saturated heterocycles. The third-order valence-corrected chi connectivity index (χ3v) is 3.09. The van der Waals surface area contributed by atoms with E-state index in [1.165, 1.54) is 0 Å². The Morgan fingerprint density at radius 2 is 2.29 bits per heavy atom. The summed E-state index contributed by atoms with van der Waals surface area (Å²) in [4.78, 5) is 7.86. The minimum absolute atomic E-state index is 0.744. The van der Waals surface area contributed by atoms with Gasteiger partial charge in [0, 0.05) is 23.5 Å². The molecule has 0 saturated carbocycles. The molecule has 2 N–H and O–H groups in total. The van der Waals surface area contributed by atoms with Gasteiger partial charge in [0.2, 0.25) is 5.78 Å². The molecular weight excluding hydrogens is 236 g/mol. The molecule has 2 heterocycles. The van der Waals surface area contributed by atoms with Crippen LogP contribution in [0.3, 0.4) is 0 Å². The SMILES string of the molecule is CNCc1cn2c(nc3c(C)cc(Cl)cc32)[nH]1. The summed E-state index contributed by atoms with van der Waals surface area (Å²) in [5, 5.41) is 3.85. The third kappa shape index (κ3) is 1.61. The first-order valence-electron chi connectivity index (χ1n) is 5.49. The van der Waals surface area contributed by atoms with Gasteiger partial charge in [-0.3, -0.25) is 4.40 Å². The molecule has 5 heteroatoms. The monoisotopic (exact) mass is 248 g/mol. The summed E-state index contributed by atoms with van der Waals surface area (Å²) in [6, 6.07) is 3.88. The fourth-order valence-electron chi connectivity index (χ4n) is 2.15. The number of fused-ring (bicyclic) bond motifs is 3. The Balaban J connectivity index is 2.32. The molecule has 0 bridgehead atoms. The van der Waals surface area contributed by atoms with Gasteiger partial charge in [-0.05, 0) is 31.7 Å². The zero-order valence-electron chi connectivity index (χ0n) is 9.71. The number of rotatable bonds is 2. The highest BCUT2D eigenvalue weighted by Gasteiger charge is 2.10. The summed E-state index contributed by atoms with van der Waals surface area (Å²) in [5.41, 5.74) is 4.24. The predicted molar refractivity (Wildman–Crippen MR) is 69.6 cm³/mol. The van der Waals surface area contributed by atoms with Crippen molar-refractivity contribution in [2.45, 2.75) is 13.5 Å². The number of imidazole rings is 2. The number of nitrogens with one attached hydrogen (secondary N) is 2. The van der Waals surface area contributed by atoms with Crippen LogP contribution in [-0.2, 0) is 6.54 Å². The second kappa shape index (κ2) is 3.75. The molecule has 17 heavy (non-hydrogen) atoms. The van der Waals surface area contributed by atoms with Crippen molar-refractivity contribution in [1.29, 1.82) is 0 Å². The standard InChI is InChI=1S/C12H13ClN4/c1-7-3-8(13)4-10-11(7)16-12-15-9(5-14-2)6-17(10)12/h3-4,6,14H,5H2,1-2H3,(H,15,16). The van der Waals surface area contributed by atoms with E-state index in [1.807, 2.05) is 30.5 Å². The average Bonchev–Trinajstić information content (AvgIpc) is 2.77. The highest BCUT2D eigenvalue weighted by atomic mass is 35.5. The van der Waals surface area contributed by atoms with Crippen molar-refractivity contribution in [3.8, 4) is 0 Å². The molecule has 0 unspecified atom stereocenters. The maximum Gasteiger partial charge on any atom is 0.212 e. The van der Waals surface area contributed by atoms with Crippen LogP contribution in [0.5, 0.6) is 0 Å². The molecule has 1 aromatic carbocycles. The second-order valence-electron chi connectivity index (χ2n) is 4.21. The number of nitrogens with zero attached hydrogens (tertiary/aromatic N) is 2. The molecule has 0 aliphatic heterocycles. The van der Waals surface area contributed by atoms with E-state index in [1.54, 1.807) is 0 Å². The van der Waals surface area contributed by atoms with Crippen molar-refractivity contribution in [2.75, 3.05) is 7.05 Å². The topological polar surface area (TPSA) is 45.1 Å². The van der Waals surface area contributed by atoms with E-state index in [4.69, 9.17) is 11.6 Å². The van der Waals surface area contributed by atoms with Crippen LogP contribution in [0.4, 0.5) is 0 Å². The Morgan fingerprint density at radius 3 is 3.06 bits per heavy atom. The summed E-state index contributed by atoms with van der Waals surface area (Å²) in [7, 11) is 1.92. The lowest BCUT2D eigenvalue weighted by atomic mass is 10.2. The Morgan fingerprint density at radius 1 is 1.47 bits per heavy atom. The molecule has 0 aliphatic rings. The van der Waals surface area contributed by atoms with E-state index in [0.29, 0.717) is 0 Å².